The van der Waals surface area contributed by atoms with Crippen LogP contribution in [0.2, 0.25) is 0 Å². The summed E-state index contributed by atoms with van der Waals surface area (Å²) in [4.78, 5) is 2.31. The fraction of sp³-hybridized carbons (Fsp3) is 0.533. The Hall–Kier alpha value is -1.05. The van der Waals surface area contributed by atoms with Crippen molar-refractivity contribution in [1.29, 1.82) is 5.26 Å². The van der Waals surface area contributed by atoms with Gasteiger partial charge in [0.05, 0.1) is 17.7 Å². The monoisotopic (exact) mass is 322 g/mol. The van der Waals surface area contributed by atoms with E-state index in [4.69, 9.17) is 10.00 Å². The van der Waals surface area contributed by atoms with Crippen LogP contribution < -0.4 is 4.90 Å². The minimum atomic E-state index is 0.318. The first-order valence-electron chi connectivity index (χ1n) is 6.80. The number of anilines is 1. The molecule has 1 aliphatic rings. The number of halogens is 1. The highest BCUT2D eigenvalue weighted by atomic mass is 79.9. The number of rotatable bonds is 4. The van der Waals surface area contributed by atoms with Gasteiger partial charge in [0.2, 0.25) is 0 Å². The summed E-state index contributed by atoms with van der Waals surface area (Å²) < 4.78 is 6.81. The van der Waals surface area contributed by atoms with Crippen molar-refractivity contribution in [3.8, 4) is 6.07 Å². The lowest BCUT2D eigenvalue weighted by molar-refractivity contribution is 0.0440. The Kier molecular flexibility index (Phi) is 5.24. The predicted molar refractivity (Wildman–Crippen MR) is 80.3 cm³/mol. The van der Waals surface area contributed by atoms with Crippen LogP contribution in [-0.4, -0.2) is 25.8 Å². The van der Waals surface area contributed by atoms with Gasteiger partial charge in [-0.05, 0) is 37.5 Å². The first kappa shape index (κ1) is 14.4. The van der Waals surface area contributed by atoms with Gasteiger partial charge in [-0.2, -0.15) is 5.26 Å². The summed E-state index contributed by atoms with van der Waals surface area (Å²) in [7, 11) is 0. The lowest BCUT2D eigenvalue weighted by Gasteiger charge is -2.34. The van der Waals surface area contributed by atoms with Gasteiger partial charge in [0.25, 0.3) is 0 Å². The second-order valence-electron chi connectivity index (χ2n) is 4.89. The van der Waals surface area contributed by atoms with Crippen molar-refractivity contribution < 1.29 is 4.74 Å². The SMILES string of the molecule is CCCOC1CCCN(c2cc(Br)cc(C#N)c2)C1. The molecule has 0 saturated carbocycles. The summed E-state index contributed by atoms with van der Waals surface area (Å²) >= 11 is 3.47. The van der Waals surface area contributed by atoms with Crippen LogP contribution in [0.4, 0.5) is 5.69 Å². The van der Waals surface area contributed by atoms with Crippen LogP contribution in [0.15, 0.2) is 22.7 Å². The van der Waals surface area contributed by atoms with Crippen LogP contribution in [-0.2, 0) is 4.74 Å². The lowest BCUT2D eigenvalue weighted by Crippen LogP contribution is -2.39. The van der Waals surface area contributed by atoms with Crippen molar-refractivity contribution in [3.63, 3.8) is 0 Å². The summed E-state index contributed by atoms with van der Waals surface area (Å²) in [6, 6.07) is 8.07. The molecule has 1 fully saturated rings. The number of hydrogen-bond acceptors (Lipinski definition) is 3. The van der Waals surface area contributed by atoms with E-state index in [9.17, 15) is 0 Å². The van der Waals surface area contributed by atoms with Crippen LogP contribution >= 0.6 is 15.9 Å². The molecule has 1 saturated heterocycles. The highest BCUT2D eigenvalue weighted by Gasteiger charge is 2.20. The Labute approximate surface area is 123 Å². The fourth-order valence-corrected chi connectivity index (χ4v) is 2.90. The maximum Gasteiger partial charge on any atom is 0.0992 e. The van der Waals surface area contributed by atoms with Gasteiger partial charge in [0.15, 0.2) is 0 Å². The topological polar surface area (TPSA) is 36.3 Å². The fourth-order valence-electron chi connectivity index (χ4n) is 2.41. The van der Waals surface area contributed by atoms with E-state index < -0.39 is 0 Å². The molecule has 1 unspecified atom stereocenters. The molecule has 0 amide bonds. The Morgan fingerprint density at radius 2 is 2.32 bits per heavy atom. The van der Waals surface area contributed by atoms with Gasteiger partial charge in [-0.1, -0.05) is 22.9 Å². The van der Waals surface area contributed by atoms with E-state index in [0.29, 0.717) is 11.7 Å². The summed E-state index contributed by atoms with van der Waals surface area (Å²) in [5.41, 5.74) is 1.80. The van der Waals surface area contributed by atoms with Crippen molar-refractivity contribution in [1.82, 2.24) is 0 Å². The zero-order chi connectivity index (χ0) is 13.7. The van der Waals surface area contributed by atoms with Crippen LogP contribution in [0.1, 0.15) is 31.7 Å². The maximum absolute atomic E-state index is 9.04. The normalized spacial score (nSPS) is 19.2. The van der Waals surface area contributed by atoms with Crippen molar-refractivity contribution in [2.24, 2.45) is 0 Å². The lowest BCUT2D eigenvalue weighted by atomic mass is 10.1. The third-order valence-corrected chi connectivity index (χ3v) is 3.77. The molecule has 1 atom stereocenters. The molecule has 0 aromatic heterocycles. The predicted octanol–water partition coefficient (Wildman–Crippen LogP) is 3.72. The number of ether oxygens (including phenoxy) is 1. The Bertz CT molecular complexity index is 470. The van der Waals surface area contributed by atoms with Crippen LogP contribution in [0.25, 0.3) is 0 Å². The van der Waals surface area contributed by atoms with Crippen molar-refractivity contribution in [3.05, 3.63) is 28.2 Å². The third kappa shape index (κ3) is 3.95. The van der Waals surface area contributed by atoms with Crippen molar-refractivity contribution in [2.45, 2.75) is 32.3 Å². The van der Waals surface area contributed by atoms with E-state index in [2.05, 4.69) is 39.9 Å². The average molecular weight is 323 g/mol. The Morgan fingerprint density at radius 1 is 1.47 bits per heavy atom. The van der Waals surface area contributed by atoms with E-state index in [1.165, 1.54) is 0 Å². The van der Waals surface area contributed by atoms with E-state index >= 15 is 0 Å². The molecule has 0 aliphatic carbocycles. The van der Waals surface area contributed by atoms with Gasteiger partial charge < -0.3 is 9.64 Å². The second-order valence-corrected chi connectivity index (χ2v) is 5.81. The minimum absolute atomic E-state index is 0.318. The smallest absolute Gasteiger partial charge is 0.0992 e. The highest BCUT2D eigenvalue weighted by molar-refractivity contribution is 9.10. The second kappa shape index (κ2) is 6.93. The van der Waals surface area contributed by atoms with Crippen LogP contribution in [0.5, 0.6) is 0 Å². The van der Waals surface area contributed by atoms with E-state index in [-0.39, 0.29) is 0 Å². The first-order chi connectivity index (χ1) is 9.22. The van der Waals surface area contributed by atoms with Crippen LogP contribution in [0.3, 0.4) is 0 Å². The van der Waals surface area contributed by atoms with Gasteiger partial charge in [0, 0.05) is 29.9 Å². The molecule has 1 heterocycles. The van der Waals surface area contributed by atoms with Crippen LogP contribution in [0, 0.1) is 11.3 Å². The number of nitrogens with zero attached hydrogens (tertiary/aromatic N) is 2. The summed E-state index contributed by atoms with van der Waals surface area (Å²) in [5.74, 6) is 0. The molecule has 1 aliphatic heterocycles. The molecular weight excluding hydrogens is 304 g/mol. The van der Waals surface area contributed by atoms with E-state index in [1.807, 2.05) is 12.1 Å². The summed E-state index contributed by atoms with van der Waals surface area (Å²) in [6.07, 6.45) is 3.66. The van der Waals surface area contributed by atoms with Gasteiger partial charge in [-0.3, -0.25) is 0 Å². The third-order valence-electron chi connectivity index (χ3n) is 3.31. The van der Waals surface area contributed by atoms with E-state index in [1.54, 1.807) is 0 Å². The molecule has 0 spiro atoms. The quantitative estimate of drug-likeness (QED) is 0.847. The molecule has 3 nitrogen and oxygen atoms in total. The van der Waals surface area contributed by atoms with Crippen molar-refractivity contribution in [2.75, 3.05) is 24.6 Å². The number of hydrogen-bond donors (Lipinski definition) is 0. The van der Waals surface area contributed by atoms with Crippen molar-refractivity contribution >= 4 is 21.6 Å². The minimum Gasteiger partial charge on any atom is -0.376 e. The molecule has 1 aromatic carbocycles. The molecule has 2 rings (SSSR count). The summed E-state index contributed by atoms with van der Waals surface area (Å²) in [6.45, 7) is 4.92. The first-order valence-corrected chi connectivity index (χ1v) is 7.59. The molecular formula is C15H19BrN2O. The number of benzene rings is 1. The molecule has 4 heteroatoms. The number of piperidine rings is 1. The molecule has 0 N–H and O–H groups in total. The maximum atomic E-state index is 9.04. The van der Waals surface area contributed by atoms with Gasteiger partial charge >= 0.3 is 0 Å². The molecule has 102 valence electrons. The molecule has 0 radical (unpaired) electrons. The standard InChI is InChI=1S/C15H19BrN2O/c1-2-6-19-15-4-3-5-18(11-15)14-8-12(10-17)7-13(16)9-14/h7-9,15H,2-6,11H2,1H3. The summed E-state index contributed by atoms with van der Waals surface area (Å²) in [5, 5.41) is 9.04. The van der Waals surface area contributed by atoms with Gasteiger partial charge in [-0.15, -0.1) is 0 Å². The van der Waals surface area contributed by atoms with Gasteiger partial charge in [0.1, 0.15) is 0 Å². The van der Waals surface area contributed by atoms with Gasteiger partial charge in [-0.25, -0.2) is 0 Å². The molecule has 1 aromatic rings. The van der Waals surface area contributed by atoms with E-state index in [0.717, 1.165) is 49.1 Å². The Morgan fingerprint density at radius 3 is 3.05 bits per heavy atom. The molecule has 0 bridgehead atoms. The number of nitriles is 1. The Balaban J connectivity index is 2.08. The zero-order valence-corrected chi connectivity index (χ0v) is 12.8. The highest BCUT2D eigenvalue weighted by Crippen LogP contribution is 2.26. The largest absolute Gasteiger partial charge is 0.376 e. The molecule has 19 heavy (non-hydrogen) atoms. The average Bonchev–Trinajstić information content (AvgIpc) is 2.44. The zero-order valence-electron chi connectivity index (χ0n) is 11.2.